The number of halogens is 1. The summed E-state index contributed by atoms with van der Waals surface area (Å²) in [7, 11) is 0. The van der Waals surface area contributed by atoms with Gasteiger partial charge in [0.25, 0.3) is 0 Å². The van der Waals surface area contributed by atoms with Crippen LogP contribution in [0.15, 0.2) is 39.5 Å². The van der Waals surface area contributed by atoms with Gasteiger partial charge in [-0.25, -0.2) is 9.18 Å². The Morgan fingerprint density at radius 2 is 2.04 bits per heavy atom. The van der Waals surface area contributed by atoms with E-state index in [0.29, 0.717) is 12.3 Å². The number of fused-ring (bicyclic) bond motifs is 4. The van der Waals surface area contributed by atoms with Gasteiger partial charge < -0.3 is 9.15 Å². The Bertz CT molecular complexity index is 1130. The highest BCUT2D eigenvalue weighted by Crippen LogP contribution is 2.36. The van der Waals surface area contributed by atoms with Crippen LogP contribution in [0.5, 0.6) is 5.75 Å². The molecule has 0 bridgehead atoms. The van der Waals surface area contributed by atoms with Crippen molar-refractivity contribution in [3.05, 3.63) is 74.4 Å². The third-order valence-electron chi connectivity index (χ3n) is 6.04. The molecule has 5 rings (SSSR count). The molecule has 0 spiro atoms. The molecular formula is C23H23FNO3+. The van der Waals surface area contributed by atoms with Crippen molar-refractivity contribution in [1.29, 1.82) is 0 Å². The van der Waals surface area contributed by atoms with Gasteiger partial charge in [0, 0.05) is 28.5 Å². The fourth-order valence-electron chi connectivity index (χ4n) is 4.63. The Labute approximate surface area is 162 Å². The molecule has 0 radical (unpaired) electrons. The van der Waals surface area contributed by atoms with Crippen LogP contribution < -0.4 is 15.3 Å². The summed E-state index contributed by atoms with van der Waals surface area (Å²) in [5.41, 5.74) is 5.57. The Balaban J connectivity index is 1.45. The zero-order valence-electron chi connectivity index (χ0n) is 15.9. The van der Waals surface area contributed by atoms with Gasteiger partial charge in [-0.1, -0.05) is 12.1 Å². The first-order valence-corrected chi connectivity index (χ1v) is 9.92. The highest BCUT2D eigenvalue weighted by Gasteiger charge is 2.27. The van der Waals surface area contributed by atoms with Crippen LogP contribution in [0.2, 0.25) is 0 Å². The van der Waals surface area contributed by atoms with Crippen LogP contribution in [-0.4, -0.2) is 13.3 Å². The van der Waals surface area contributed by atoms with Crippen LogP contribution in [-0.2, 0) is 25.8 Å². The Kier molecular flexibility index (Phi) is 4.20. The standard InChI is InChI=1S/C23H22FNO3/c1-14-21-16(11-20-18-6-3-7-19(18)23(26)28-22(14)20)12-25(13-27-21)9-8-15-4-2-5-17(24)10-15/h2,4-5,10-11H,3,6-9,12-13H2,1H3/p+1. The van der Waals surface area contributed by atoms with E-state index in [1.807, 2.05) is 13.0 Å². The van der Waals surface area contributed by atoms with Gasteiger partial charge in [-0.15, -0.1) is 0 Å². The largest absolute Gasteiger partial charge is 0.444 e. The smallest absolute Gasteiger partial charge is 0.339 e. The molecule has 0 saturated carbocycles. The number of ether oxygens (including phenoxy) is 1. The molecule has 2 aliphatic rings. The Morgan fingerprint density at radius 1 is 1.18 bits per heavy atom. The lowest BCUT2D eigenvalue weighted by molar-refractivity contribution is -0.932. The van der Waals surface area contributed by atoms with Crippen LogP contribution in [0.3, 0.4) is 0 Å². The molecular weight excluding hydrogens is 357 g/mol. The van der Waals surface area contributed by atoms with Gasteiger partial charge in [0.1, 0.15) is 23.7 Å². The summed E-state index contributed by atoms with van der Waals surface area (Å²) in [4.78, 5) is 13.6. The number of rotatable bonds is 3. The summed E-state index contributed by atoms with van der Waals surface area (Å²) < 4.78 is 25.1. The maximum Gasteiger partial charge on any atom is 0.339 e. The summed E-state index contributed by atoms with van der Waals surface area (Å²) >= 11 is 0. The highest BCUT2D eigenvalue weighted by atomic mass is 19.1. The topological polar surface area (TPSA) is 43.9 Å². The average Bonchev–Trinajstić information content (AvgIpc) is 3.18. The molecule has 3 aromatic rings. The molecule has 0 amide bonds. The third kappa shape index (κ3) is 2.90. The lowest BCUT2D eigenvalue weighted by atomic mass is 9.99. The number of benzene rings is 2. The van der Waals surface area contributed by atoms with E-state index in [1.165, 1.54) is 11.0 Å². The quantitative estimate of drug-likeness (QED) is 0.711. The van der Waals surface area contributed by atoms with E-state index in [9.17, 15) is 9.18 Å². The van der Waals surface area contributed by atoms with Crippen molar-refractivity contribution in [2.75, 3.05) is 13.3 Å². The van der Waals surface area contributed by atoms with Crippen LogP contribution in [0.4, 0.5) is 4.39 Å². The van der Waals surface area contributed by atoms with E-state index >= 15 is 0 Å². The number of hydrogen-bond donors (Lipinski definition) is 1. The summed E-state index contributed by atoms with van der Waals surface area (Å²) in [6.45, 7) is 4.27. The van der Waals surface area contributed by atoms with Crippen LogP contribution in [0.1, 0.15) is 34.2 Å². The molecule has 1 aliphatic heterocycles. The molecule has 1 atom stereocenters. The Hall–Kier alpha value is -2.66. The second-order valence-electron chi connectivity index (χ2n) is 7.91. The fraction of sp³-hybridized carbons (Fsp3) is 0.348. The van der Waals surface area contributed by atoms with Gasteiger partial charge in [0.05, 0.1) is 6.54 Å². The van der Waals surface area contributed by atoms with Crippen LogP contribution in [0, 0.1) is 12.7 Å². The minimum absolute atomic E-state index is 0.190. The molecule has 1 aliphatic carbocycles. The summed E-state index contributed by atoms with van der Waals surface area (Å²) in [6.07, 6.45) is 3.57. The molecule has 1 unspecified atom stereocenters. The van der Waals surface area contributed by atoms with Gasteiger partial charge in [-0.3, -0.25) is 4.90 Å². The highest BCUT2D eigenvalue weighted by molar-refractivity contribution is 5.87. The molecule has 2 aromatic carbocycles. The van der Waals surface area contributed by atoms with Crippen LogP contribution in [0.25, 0.3) is 11.0 Å². The van der Waals surface area contributed by atoms with E-state index in [1.54, 1.807) is 12.1 Å². The van der Waals surface area contributed by atoms with Crippen molar-refractivity contribution < 1.29 is 18.4 Å². The average molecular weight is 380 g/mol. The molecule has 0 saturated heterocycles. The van der Waals surface area contributed by atoms with Crippen molar-refractivity contribution in [3.8, 4) is 5.75 Å². The van der Waals surface area contributed by atoms with Crippen molar-refractivity contribution in [1.82, 2.24) is 0 Å². The normalized spacial score (nSPS) is 18.0. The summed E-state index contributed by atoms with van der Waals surface area (Å²) in [5.74, 6) is 0.660. The number of nitrogens with one attached hydrogen (secondary N) is 1. The maximum absolute atomic E-state index is 13.4. The predicted octanol–water partition coefficient (Wildman–Crippen LogP) is 2.71. The number of aryl methyl sites for hydroxylation is 2. The van der Waals surface area contributed by atoms with E-state index in [0.717, 1.165) is 77.7 Å². The van der Waals surface area contributed by atoms with Gasteiger partial charge in [0.15, 0.2) is 0 Å². The first kappa shape index (κ1) is 17.4. The first-order chi connectivity index (χ1) is 13.6. The van der Waals surface area contributed by atoms with Gasteiger partial charge in [-0.2, -0.15) is 0 Å². The van der Waals surface area contributed by atoms with Crippen molar-refractivity contribution >= 4 is 11.0 Å². The van der Waals surface area contributed by atoms with Crippen molar-refractivity contribution in [2.45, 2.75) is 39.2 Å². The molecule has 4 nitrogen and oxygen atoms in total. The summed E-state index contributed by atoms with van der Waals surface area (Å²) in [6, 6.07) is 8.95. The number of hydrogen-bond acceptors (Lipinski definition) is 3. The SMILES string of the molecule is Cc1c2c(cc3c4c(c(=O)oc13)CCC4)C[NH+](CCc1cccc(F)c1)CO2. The molecule has 2 heterocycles. The monoisotopic (exact) mass is 380 g/mol. The molecule has 144 valence electrons. The first-order valence-electron chi connectivity index (χ1n) is 9.92. The zero-order chi connectivity index (χ0) is 19.3. The molecule has 28 heavy (non-hydrogen) atoms. The van der Waals surface area contributed by atoms with E-state index < -0.39 is 0 Å². The van der Waals surface area contributed by atoms with E-state index in [4.69, 9.17) is 9.15 Å². The molecule has 0 fully saturated rings. The van der Waals surface area contributed by atoms with E-state index in [2.05, 4.69) is 6.07 Å². The zero-order valence-corrected chi connectivity index (χ0v) is 15.9. The lowest BCUT2D eigenvalue weighted by Gasteiger charge is -2.27. The van der Waals surface area contributed by atoms with Crippen molar-refractivity contribution in [2.24, 2.45) is 0 Å². The minimum atomic E-state index is -0.193. The van der Waals surface area contributed by atoms with Crippen LogP contribution >= 0.6 is 0 Å². The Morgan fingerprint density at radius 3 is 2.89 bits per heavy atom. The maximum atomic E-state index is 13.4. The summed E-state index contributed by atoms with van der Waals surface area (Å²) in [5, 5.41) is 1.07. The number of quaternary nitrogens is 1. The second kappa shape index (κ2) is 6.74. The predicted molar refractivity (Wildman–Crippen MR) is 104 cm³/mol. The van der Waals surface area contributed by atoms with Gasteiger partial charge >= 0.3 is 5.63 Å². The van der Waals surface area contributed by atoms with Gasteiger partial charge in [-0.05, 0) is 55.5 Å². The molecule has 1 N–H and O–H groups in total. The third-order valence-corrected chi connectivity index (χ3v) is 6.04. The minimum Gasteiger partial charge on any atom is -0.444 e. The lowest BCUT2D eigenvalue weighted by Crippen LogP contribution is -3.12. The molecule has 1 aromatic heterocycles. The fourth-order valence-corrected chi connectivity index (χ4v) is 4.63. The second-order valence-corrected chi connectivity index (χ2v) is 7.91. The molecule has 5 heteroatoms. The van der Waals surface area contributed by atoms with E-state index in [-0.39, 0.29) is 11.4 Å². The van der Waals surface area contributed by atoms with Crippen molar-refractivity contribution in [3.63, 3.8) is 0 Å². The van der Waals surface area contributed by atoms with Gasteiger partial charge in [0.2, 0.25) is 6.73 Å².